The normalized spacial score (nSPS) is 13.2. The highest BCUT2D eigenvalue weighted by atomic mass is 14.5. The van der Waals surface area contributed by atoms with E-state index < -0.39 is 5.41 Å². The second-order valence-corrected chi connectivity index (χ2v) is 17.5. The Labute approximate surface area is 365 Å². The third-order valence-electron chi connectivity index (χ3n) is 14.4. The van der Waals surface area contributed by atoms with E-state index in [2.05, 4.69) is 231 Å². The summed E-state index contributed by atoms with van der Waals surface area (Å²) in [4.78, 5) is 0. The molecule has 0 nitrogen and oxygen atoms in total. The van der Waals surface area contributed by atoms with E-state index in [0.29, 0.717) is 0 Å². The Morgan fingerprint density at radius 3 is 1.11 bits per heavy atom. The zero-order chi connectivity index (χ0) is 41.2. The van der Waals surface area contributed by atoms with Crippen molar-refractivity contribution < 1.29 is 0 Å². The first kappa shape index (κ1) is 34.6. The fraction of sp³-hybridized carbons (Fsp3) is 0.0159. The molecule has 1 aliphatic carbocycles. The number of hydrogen-bond acceptors (Lipinski definition) is 0. The first-order chi connectivity index (χ1) is 31.2. The second-order valence-electron chi connectivity index (χ2n) is 17.5. The molecule has 0 saturated heterocycles. The summed E-state index contributed by atoms with van der Waals surface area (Å²) in [5, 5.41) is 15.7. The molecule has 13 aromatic carbocycles. The molecule has 0 bridgehead atoms. The highest BCUT2D eigenvalue weighted by molar-refractivity contribution is 6.26. The first-order valence-corrected chi connectivity index (χ1v) is 22.1. The van der Waals surface area contributed by atoms with Gasteiger partial charge in [0, 0.05) is 0 Å². The minimum atomic E-state index is -0.549. The number of benzene rings is 13. The van der Waals surface area contributed by atoms with Crippen LogP contribution in [0.2, 0.25) is 0 Å². The van der Waals surface area contributed by atoms with Crippen LogP contribution in [-0.2, 0) is 5.41 Å². The topological polar surface area (TPSA) is 0 Å². The maximum absolute atomic E-state index is 2.51. The third kappa shape index (κ3) is 4.81. The minimum Gasteiger partial charge on any atom is -0.0622 e. The molecule has 0 atom stereocenters. The molecular formula is C63H38. The van der Waals surface area contributed by atoms with Crippen LogP contribution in [0, 0.1) is 0 Å². The largest absolute Gasteiger partial charge is 0.0713 e. The monoisotopic (exact) mass is 794 g/mol. The summed E-state index contributed by atoms with van der Waals surface area (Å²) in [7, 11) is 0. The molecule has 0 radical (unpaired) electrons. The second kappa shape index (κ2) is 13.0. The molecule has 63 heavy (non-hydrogen) atoms. The Bertz CT molecular complexity index is 3880. The van der Waals surface area contributed by atoms with Crippen molar-refractivity contribution in [3.05, 3.63) is 253 Å². The molecule has 1 aliphatic rings. The molecule has 0 fully saturated rings. The van der Waals surface area contributed by atoms with E-state index in [-0.39, 0.29) is 0 Å². The zero-order valence-corrected chi connectivity index (χ0v) is 34.4. The molecular weight excluding hydrogens is 757 g/mol. The van der Waals surface area contributed by atoms with Crippen molar-refractivity contribution in [3.8, 4) is 44.5 Å². The van der Waals surface area contributed by atoms with Gasteiger partial charge in [-0.25, -0.2) is 0 Å². The SMILES string of the molecule is c1ccc(C2(c3ccccc3)c3cc(-c4cccc(-c5ccc6ccc7cccc8ccc5c6c78)c4)ccc3-c3ccc(-c4ccc5ccc6cccc7ccc4c5c67)cc32)cc1. The van der Waals surface area contributed by atoms with Gasteiger partial charge < -0.3 is 0 Å². The highest BCUT2D eigenvalue weighted by Crippen LogP contribution is 2.58. The van der Waals surface area contributed by atoms with E-state index in [1.807, 2.05) is 0 Å². The highest BCUT2D eigenvalue weighted by Gasteiger charge is 2.46. The van der Waals surface area contributed by atoms with Crippen molar-refractivity contribution in [2.24, 2.45) is 0 Å². The summed E-state index contributed by atoms with van der Waals surface area (Å²) in [5.74, 6) is 0. The summed E-state index contributed by atoms with van der Waals surface area (Å²) >= 11 is 0. The summed E-state index contributed by atoms with van der Waals surface area (Å²) in [6, 6.07) is 86.9. The molecule has 0 aromatic heterocycles. The maximum atomic E-state index is 2.51. The number of fused-ring (bicyclic) bond motifs is 3. The molecule has 0 heterocycles. The van der Waals surface area contributed by atoms with Crippen molar-refractivity contribution in [1.29, 1.82) is 0 Å². The Hall–Kier alpha value is -8.06. The van der Waals surface area contributed by atoms with E-state index >= 15 is 0 Å². The fourth-order valence-electron chi connectivity index (χ4n) is 11.7. The quantitative estimate of drug-likeness (QED) is 0.152. The molecule has 0 aliphatic heterocycles. The Balaban J connectivity index is 0.978. The molecule has 0 spiro atoms. The van der Waals surface area contributed by atoms with Crippen molar-refractivity contribution in [3.63, 3.8) is 0 Å². The summed E-state index contributed by atoms with van der Waals surface area (Å²) in [6.45, 7) is 0. The van der Waals surface area contributed by atoms with Gasteiger partial charge in [-0.2, -0.15) is 0 Å². The van der Waals surface area contributed by atoms with Crippen LogP contribution in [0.1, 0.15) is 22.3 Å². The minimum absolute atomic E-state index is 0.549. The van der Waals surface area contributed by atoms with E-state index in [0.717, 1.165) is 0 Å². The van der Waals surface area contributed by atoms with Crippen LogP contribution in [0.4, 0.5) is 0 Å². The molecule has 14 rings (SSSR count). The predicted molar refractivity (Wildman–Crippen MR) is 267 cm³/mol. The number of hydrogen-bond donors (Lipinski definition) is 0. The van der Waals surface area contributed by atoms with Gasteiger partial charge in [0.2, 0.25) is 0 Å². The van der Waals surface area contributed by atoms with E-state index in [9.17, 15) is 0 Å². The lowest BCUT2D eigenvalue weighted by molar-refractivity contribution is 0.769. The average molecular weight is 795 g/mol. The van der Waals surface area contributed by atoms with Crippen molar-refractivity contribution in [2.45, 2.75) is 5.41 Å². The van der Waals surface area contributed by atoms with Gasteiger partial charge in [-0.15, -0.1) is 0 Å². The lowest BCUT2D eigenvalue weighted by atomic mass is 9.67. The number of rotatable bonds is 5. The van der Waals surface area contributed by atoms with Gasteiger partial charge in [-0.1, -0.05) is 212 Å². The molecule has 0 amide bonds. The fourth-order valence-corrected chi connectivity index (χ4v) is 11.7. The van der Waals surface area contributed by atoms with Gasteiger partial charge in [0.1, 0.15) is 0 Å². The lowest BCUT2D eigenvalue weighted by Crippen LogP contribution is -2.28. The summed E-state index contributed by atoms with van der Waals surface area (Å²) < 4.78 is 0. The van der Waals surface area contributed by atoms with Crippen LogP contribution < -0.4 is 0 Å². The van der Waals surface area contributed by atoms with Crippen LogP contribution in [0.5, 0.6) is 0 Å². The zero-order valence-electron chi connectivity index (χ0n) is 34.4. The maximum Gasteiger partial charge on any atom is 0.0713 e. The molecule has 0 saturated carbocycles. The summed E-state index contributed by atoms with van der Waals surface area (Å²) in [6.07, 6.45) is 0. The molecule has 0 heteroatoms. The van der Waals surface area contributed by atoms with Gasteiger partial charge in [0.15, 0.2) is 0 Å². The van der Waals surface area contributed by atoms with Crippen molar-refractivity contribution in [1.82, 2.24) is 0 Å². The van der Waals surface area contributed by atoms with Crippen LogP contribution in [0.25, 0.3) is 109 Å². The molecule has 0 N–H and O–H groups in total. The van der Waals surface area contributed by atoms with Crippen molar-refractivity contribution in [2.75, 3.05) is 0 Å². The first-order valence-electron chi connectivity index (χ1n) is 22.1. The van der Waals surface area contributed by atoms with E-state index in [4.69, 9.17) is 0 Å². The van der Waals surface area contributed by atoms with Gasteiger partial charge in [0.05, 0.1) is 5.41 Å². The molecule has 0 unspecified atom stereocenters. The van der Waals surface area contributed by atoms with Crippen LogP contribution in [0.15, 0.2) is 231 Å². The van der Waals surface area contributed by atoms with Crippen LogP contribution in [-0.4, -0.2) is 0 Å². The summed E-state index contributed by atoms with van der Waals surface area (Å²) in [5.41, 5.74) is 14.6. The van der Waals surface area contributed by atoms with Gasteiger partial charge in [0.25, 0.3) is 0 Å². The molecule has 290 valence electrons. The molecule has 13 aromatic rings. The lowest BCUT2D eigenvalue weighted by Gasteiger charge is -2.34. The Morgan fingerprint density at radius 1 is 0.222 bits per heavy atom. The Morgan fingerprint density at radius 2 is 0.587 bits per heavy atom. The van der Waals surface area contributed by atoms with Crippen molar-refractivity contribution >= 4 is 64.6 Å². The van der Waals surface area contributed by atoms with E-state index in [1.165, 1.54) is 131 Å². The van der Waals surface area contributed by atoms with E-state index in [1.54, 1.807) is 0 Å². The predicted octanol–water partition coefficient (Wildman–Crippen LogP) is 16.8. The standard InChI is InChI=1S/C63H38/c1-3-16-49(17-4-1)63(50-18-5-2-6-19-50)57-37-46(45-14-9-15-47(36-45)51-30-24-43-22-20-39-10-7-12-41-26-34-55(51)61(43)59(39)41)28-32-53(57)54-33-29-48(38-58(54)63)52-31-25-44-23-21-40-11-8-13-42-27-35-56(52)62(44)60(40)42/h1-38H. The average Bonchev–Trinajstić information content (AvgIpc) is 3.65. The third-order valence-corrected chi connectivity index (χ3v) is 14.4. The van der Waals surface area contributed by atoms with Gasteiger partial charge in [-0.3, -0.25) is 0 Å². The van der Waals surface area contributed by atoms with Crippen LogP contribution in [0.3, 0.4) is 0 Å². The smallest absolute Gasteiger partial charge is 0.0622 e. The Kier molecular flexibility index (Phi) is 7.13. The van der Waals surface area contributed by atoms with Crippen LogP contribution >= 0.6 is 0 Å². The van der Waals surface area contributed by atoms with Gasteiger partial charge >= 0.3 is 0 Å². The van der Waals surface area contributed by atoms with Gasteiger partial charge in [-0.05, 0) is 150 Å².